The molecule has 5 heteroatoms. The number of nitriles is 1. The number of rotatable bonds is 4. The van der Waals surface area contributed by atoms with Gasteiger partial charge in [0.15, 0.2) is 5.78 Å². The lowest BCUT2D eigenvalue weighted by atomic mass is 9.54. The van der Waals surface area contributed by atoms with Gasteiger partial charge < -0.3 is 4.74 Å². The van der Waals surface area contributed by atoms with Gasteiger partial charge in [-0.15, -0.1) is 0 Å². The molecule has 0 bridgehead atoms. The molecule has 0 radical (unpaired) electrons. The number of carbonyl (C=O) groups excluding carboxylic acids is 1. The van der Waals surface area contributed by atoms with Crippen molar-refractivity contribution in [1.82, 2.24) is 9.97 Å². The first-order chi connectivity index (χ1) is 15.6. The number of aryl methyl sites for hydroxylation is 1. The molecule has 0 fully saturated rings. The minimum Gasteiger partial charge on any atom is -0.489 e. The Balaban J connectivity index is 1.64. The number of aromatic nitrogens is 2. The average molecular weight is 422 g/mol. The molecule has 32 heavy (non-hydrogen) atoms. The van der Waals surface area contributed by atoms with Gasteiger partial charge in [0, 0.05) is 12.1 Å². The average Bonchev–Trinajstić information content (AvgIpc) is 2.85. The van der Waals surface area contributed by atoms with Gasteiger partial charge in [0.2, 0.25) is 0 Å². The zero-order chi connectivity index (χ0) is 22.1. The molecule has 2 aliphatic carbocycles. The van der Waals surface area contributed by atoms with Crippen LogP contribution in [0.3, 0.4) is 0 Å². The zero-order valence-electron chi connectivity index (χ0n) is 17.9. The van der Waals surface area contributed by atoms with E-state index in [0.29, 0.717) is 6.61 Å². The van der Waals surface area contributed by atoms with Crippen molar-refractivity contribution in [1.29, 1.82) is 5.26 Å². The third-order valence-electron chi connectivity index (χ3n) is 6.82. The summed E-state index contributed by atoms with van der Waals surface area (Å²) >= 11 is 0. The highest BCUT2D eigenvalue weighted by Crippen LogP contribution is 2.53. The summed E-state index contributed by atoms with van der Waals surface area (Å²) in [6.45, 7) is 2.40. The van der Waals surface area contributed by atoms with E-state index in [-0.39, 0.29) is 23.2 Å². The molecule has 3 aromatic rings. The fourth-order valence-electron chi connectivity index (χ4n) is 5.28. The number of hydrogen-bond donors (Lipinski definition) is 0. The first kappa shape index (κ1) is 20.1. The second-order valence-electron chi connectivity index (χ2n) is 8.54. The van der Waals surface area contributed by atoms with Crippen molar-refractivity contribution < 1.29 is 9.53 Å². The van der Waals surface area contributed by atoms with Gasteiger partial charge in [-0.3, -0.25) is 4.79 Å². The minimum absolute atomic E-state index is 0.0128. The summed E-state index contributed by atoms with van der Waals surface area (Å²) in [7, 11) is 0. The topological polar surface area (TPSA) is 75.9 Å². The maximum Gasteiger partial charge on any atom is 0.176 e. The third kappa shape index (κ3) is 3.20. The SMILES string of the molecule is C[C@@H]1C(=O)C(C#N)=C[C@]2(c3cccc(OCc4ccccc4)c3)c3ncncc3CC[C@@H]12. The molecular weight excluding hydrogens is 398 g/mol. The first-order valence-electron chi connectivity index (χ1n) is 10.9. The predicted octanol–water partition coefficient (Wildman–Crippen LogP) is 4.57. The van der Waals surface area contributed by atoms with E-state index in [0.717, 1.165) is 41.0 Å². The summed E-state index contributed by atoms with van der Waals surface area (Å²) in [5.74, 6) is 0.407. The van der Waals surface area contributed by atoms with Crippen LogP contribution < -0.4 is 4.74 Å². The maximum atomic E-state index is 12.9. The summed E-state index contributed by atoms with van der Waals surface area (Å²) in [4.78, 5) is 21.8. The Kier molecular flexibility index (Phi) is 5.07. The van der Waals surface area contributed by atoms with E-state index in [2.05, 4.69) is 16.0 Å². The number of ether oxygens (including phenoxy) is 1. The minimum atomic E-state index is -0.666. The van der Waals surface area contributed by atoms with Gasteiger partial charge in [0.1, 0.15) is 24.8 Å². The highest BCUT2D eigenvalue weighted by molar-refractivity contribution is 6.02. The lowest BCUT2D eigenvalue weighted by Gasteiger charge is -2.47. The van der Waals surface area contributed by atoms with Crippen molar-refractivity contribution in [3.05, 3.63) is 101 Å². The van der Waals surface area contributed by atoms with Crippen LogP contribution >= 0.6 is 0 Å². The summed E-state index contributed by atoms with van der Waals surface area (Å²) in [5.41, 5.74) is 3.57. The Morgan fingerprint density at radius 2 is 2.03 bits per heavy atom. The second-order valence-corrected chi connectivity index (χ2v) is 8.54. The normalized spacial score (nSPS) is 24.0. The zero-order valence-corrected chi connectivity index (χ0v) is 17.9. The van der Waals surface area contributed by atoms with E-state index >= 15 is 0 Å². The van der Waals surface area contributed by atoms with Gasteiger partial charge in [0.25, 0.3) is 0 Å². The Bertz CT molecular complexity index is 1250. The fraction of sp³-hybridized carbons (Fsp3) is 0.259. The van der Waals surface area contributed by atoms with Crippen LogP contribution in [0.1, 0.15) is 35.7 Å². The number of nitrogens with zero attached hydrogens (tertiary/aromatic N) is 3. The van der Waals surface area contributed by atoms with Crippen LogP contribution in [0.25, 0.3) is 0 Å². The van der Waals surface area contributed by atoms with Gasteiger partial charge in [-0.1, -0.05) is 49.4 Å². The van der Waals surface area contributed by atoms with E-state index in [1.165, 1.54) is 0 Å². The van der Waals surface area contributed by atoms with E-state index in [1.807, 2.05) is 73.8 Å². The van der Waals surface area contributed by atoms with Gasteiger partial charge in [-0.25, -0.2) is 9.97 Å². The van der Waals surface area contributed by atoms with Crippen molar-refractivity contribution >= 4 is 5.78 Å². The van der Waals surface area contributed by atoms with Crippen LogP contribution in [-0.2, 0) is 23.2 Å². The van der Waals surface area contributed by atoms with Crippen molar-refractivity contribution in [2.24, 2.45) is 11.8 Å². The van der Waals surface area contributed by atoms with Gasteiger partial charge in [0.05, 0.1) is 16.7 Å². The highest BCUT2D eigenvalue weighted by Gasteiger charge is 2.52. The number of benzene rings is 2. The monoisotopic (exact) mass is 421 g/mol. The van der Waals surface area contributed by atoms with Crippen LogP contribution in [0.5, 0.6) is 5.75 Å². The quantitative estimate of drug-likeness (QED) is 0.617. The Morgan fingerprint density at radius 1 is 1.19 bits per heavy atom. The Hall–Kier alpha value is -3.78. The molecule has 0 saturated heterocycles. The molecule has 0 N–H and O–H groups in total. The van der Waals surface area contributed by atoms with Gasteiger partial charge >= 0.3 is 0 Å². The molecule has 3 atom stereocenters. The second kappa shape index (κ2) is 8.05. The molecule has 0 amide bonds. The molecule has 158 valence electrons. The molecule has 1 aromatic heterocycles. The largest absolute Gasteiger partial charge is 0.489 e. The van der Waals surface area contributed by atoms with Crippen LogP contribution in [0.15, 0.2) is 78.8 Å². The van der Waals surface area contributed by atoms with Crippen LogP contribution in [0, 0.1) is 23.2 Å². The smallest absolute Gasteiger partial charge is 0.176 e. The summed E-state index contributed by atoms with van der Waals surface area (Å²) < 4.78 is 6.10. The number of fused-ring (bicyclic) bond motifs is 3. The molecule has 5 nitrogen and oxygen atoms in total. The maximum absolute atomic E-state index is 12.9. The van der Waals surface area contributed by atoms with Crippen LogP contribution in [0.2, 0.25) is 0 Å². The van der Waals surface area contributed by atoms with Crippen molar-refractivity contribution in [2.75, 3.05) is 0 Å². The Morgan fingerprint density at radius 3 is 2.84 bits per heavy atom. The van der Waals surface area contributed by atoms with Crippen LogP contribution in [0.4, 0.5) is 0 Å². The molecule has 0 spiro atoms. The number of Topliss-reactive ketones (excluding diaryl/α,β-unsaturated/α-hetero) is 1. The van der Waals surface area contributed by atoms with E-state index in [4.69, 9.17) is 4.74 Å². The molecule has 0 unspecified atom stereocenters. The molecule has 2 aliphatic rings. The lowest BCUT2D eigenvalue weighted by molar-refractivity contribution is -0.121. The number of allylic oxidation sites excluding steroid dienone is 2. The van der Waals surface area contributed by atoms with Crippen molar-refractivity contribution in [3.8, 4) is 11.8 Å². The third-order valence-corrected chi connectivity index (χ3v) is 6.82. The highest BCUT2D eigenvalue weighted by atomic mass is 16.5. The lowest BCUT2D eigenvalue weighted by Crippen LogP contribution is -2.48. The molecule has 2 aromatic carbocycles. The Labute approximate surface area is 187 Å². The number of carbonyl (C=O) groups is 1. The molecule has 1 heterocycles. The van der Waals surface area contributed by atoms with E-state index < -0.39 is 5.41 Å². The number of hydrogen-bond acceptors (Lipinski definition) is 5. The van der Waals surface area contributed by atoms with Gasteiger partial charge in [-0.2, -0.15) is 5.26 Å². The standard InChI is InChI=1S/C27H23N3O2/c1-18-24-11-10-20-15-29-17-30-26(20)27(24,13-21(14-28)25(18)31)22-8-5-9-23(12-22)32-16-19-6-3-2-4-7-19/h2-9,12-13,15,17-18,24H,10-11,16H2,1H3/t18-,24-,27+/m0/s1. The molecule has 0 saturated carbocycles. The molecule has 0 aliphatic heterocycles. The van der Waals surface area contributed by atoms with E-state index in [1.54, 1.807) is 6.33 Å². The summed E-state index contributed by atoms with van der Waals surface area (Å²) in [6, 6.07) is 20.2. The fourth-order valence-corrected chi connectivity index (χ4v) is 5.28. The van der Waals surface area contributed by atoms with Crippen molar-refractivity contribution in [3.63, 3.8) is 0 Å². The molecule has 5 rings (SSSR count). The van der Waals surface area contributed by atoms with Crippen LogP contribution in [-0.4, -0.2) is 15.8 Å². The summed E-state index contributed by atoms with van der Waals surface area (Å²) in [6.07, 6.45) is 6.91. The molecular formula is C27H23N3O2. The predicted molar refractivity (Wildman–Crippen MR) is 120 cm³/mol. The number of ketones is 1. The van der Waals surface area contributed by atoms with E-state index in [9.17, 15) is 10.1 Å². The first-order valence-corrected chi connectivity index (χ1v) is 10.9. The van der Waals surface area contributed by atoms with Crippen molar-refractivity contribution in [2.45, 2.75) is 31.8 Å². The summed E-state index contributed by atoms with van der Waals surface area (Å²) in [5, 5.41) is 9.75. The van der Waals surface area contributed by atoms with Gasteiger partial charge in [-0.05, 0) is 53.7 Å².